The Kier molecular flexibility index (Phi) is 3.08. The van der Waals surface area contributed by atoms with Gasteiger partial charge in [-0.15, -0.1) is 0 Å². The number of rotatable bonds is 2. The van der Waals surface area contributed by atoms with Crippen molar-refractivity contribution < 1.29 is 9.53 Å². The molecule has 2 N–H and O–H groups in total. The van der Waals surface area contributed by atoms with E-state index in [0.29, 0.717) is 12.0 Å². The van der Waals surface area contributed by atoms with E-state index in [4.69, 9.17) is 4.74 Å². The maximum Gasteiger partial charge on any atom is 0.221 e. The fourth-order valence-corrected chi connectivity index (χ4v) is 3.95. The first-order valence-electron chi connectivity index (χ1n) is 7.92. The van der Waals surface area contributed by atoms with E-state index in [1.165, 1.54) is 34.9 Å². The molecule has 4 nitrogen and oxygen atoms in total. The minimum Gasteiger partial charge on any atom is -0.497 e. The number of fused-ring (bicyclic) bond motifs is 5. The summed E-state index contributed by atoms with van der Waals surface area (Å²) in [5, 5.41) is 6.56. The standard InChI is InChI=1S/C19H20N2O2/c1-10-6-14(23-3)9-17-16-8-12-7-13(20-11(2)22)4-5-15(12)19(16)21-18(10)17/h4-7,9,16,19,21H,8H2,1-3H3,(H,20,22). The van der Waals surface area contributed by atoms with E-state index in [2.05, 4.69) is 41.8 Å². The van der Waals surface area contributed by atoms with E-state index in [9.17, 15) is 4.79 Å². The first kappa shape index (κ1) is 14.1. The van der Waals surface area contributed by atoms with Crippen molar-refractivity contribution in [1.29, 1.82) is 0 Å². The summed E-state index contributed by atoms with van der Waals surface area (Å²) in [5.74, 6) is 1.31. The molecule has 0 spiro atoms. The minimum atomic E-state index is -0.0352. The van der Waals surface area contributed by atoms with Crippen LogP contribution in [0.1, 0.15) is 41.1 Å². The number of aryl methyl sites for hydroxylation is 1. The second-order valence-corrected chi connectivity index (χ2v) is 6.44. The van der Waals surface area contributed by atoms with E-state index >= 15 is 0 Å². The number of methoxy groups -OCH3 is 1. The minimum absolute atomic E-state index is 0.0352. The molecule has 2 unspecified atom stereocenters. The second-order valence-electron chi connectivity index (χ2n) is 6.44. The summed E-state index contributed by atoms with van der Waals surface area (Å²) in [6.45, 7) is 3.66. The van der Waals surface area contributed by atoms with Crippen molar-refractivity contribution in [2.75, 3.05) is 17.7 Å². The van der Waals surface area contributed by atoms with Gasteiger partial charge in [-0.3, -0.25) is 4.79 Å². The van der Waals surface area contributed by atoms with Gasteiger partial charge >= 0.3 is 0 Å². The summed E-state index contributed by atoms with van der Waals surface area (Å²) < 4.78 is 5.43. The Morgan fingerprint density at radius 3 is 2.83 bits per heavy atom. The summed E-state index contributed by atoms with van der Waals surface area (Å²) in [4.78, 5) is 11.2. The van der Waals surface area contributed by atoms with E-state index in [1.54, 1.807) is 7.11 Å². The van der Waals surface area contributed by atoms with E-state index in [-0.39, 0.29) is 5.91 Å². The van der Waals surface area contributed by atoms with Crippen LogP contribution in [0.25, 0.3) is 0 Å². The first-order valence-corrected chi connectivity index (χ1v) is 7.92. The Bertz CT molecular complexity index is 813. The Balaban J connectivity index is 1.71. The average Bonchev–Trinajstić information content (AvgIpc) is 3.03. The molecular formula is C19H20N2O2. The third-order valence-corrected chi connectivity index (χ3v) is 4.92. The zero-order valence-corrected chi connectivity index (χ0v) is 13.6. The average molecular weight is 308 g/mol. The lowest BCUT2D eigenvalue weighted by atomic mass is 9.94. The highest BCUT2D eigenvalue weighted by Gasteiger charge is 2.40. The van der Waals surface area contributed by atoms with Crippen LogP contribution in [0, 0.1) is 6.92 Å². The second kappa shape index (κ2) is 5.01. The Hall–Kier alpha value is -2.49. The largest absolute Gasteiger partial charge is 0.497 e. The quantitative estimate of drug-likeness (QED) is 0.888. The molecule has 2 aromatic carbocycles. The van der Waals surface area contributed by atoms with Crippen molar-refractivity contribution in [2.45, 2.75) is 32.2 Å². The van der Waals surface area contributed by atoms with Gasteiger partial charge in [0, 0.05) is 24.2 Å². The third kappa shape index (κ3) is 2.17. The molecule has 1 aliphatic heterocycles. The van der Waals surface area contributed by atoms with Gasteiger partial charge in [0.15, 0.2) is 0 Å². The molecule has 0 saturated heterocycles. The van der Waals surface area contributed by atoms with Crippen molar-refractivity contribution in [3.63, 3.8) is 0 Å². The number of hydrogen-bond donors (Lipinski definition) is 2. The number of nitrogens with one attached hydrogen (secondary N) is 2. The van der Waals surface area contributed by atoms with Crippen LogP contribution >= 0.6 is 0 Å². The molecule has 118 valence electrons. The molecule has 2 aliphatic rings. The predicted molar refractivity (Wildman–Crippen MR) is 91.3 cm³/mol. The molecule has 4 rings (SSSR count). The van der Waals surface area contributed by atoms with Gasteiger partial charge < -0.3 is 15.4 Å². The zero-order valence-electron chi connectivity index (χ0n) is 13.6. The highest BCUT2D eigenvalue weighted by Crippen LogP contribution is 2.53. The van der Waals surface area contributed by atoms with Crippen LogP contribution in [0.4, 0.5) is 11.4 Å². The van der Waals surface area contributed by atoms with E-state index < -0.39 is 0 Å². The lowest BCUT2D eigenvalue weighted by molar-refractivity contribution is -0.114. The number of carbonyl (C=O) groups excluding carboxylic acids is 1. The number of hydrogen-bond acceptors (Lipinski definition) is 3. The van der Waals surface area contributed by atoms with Gasteiger partial charge in [-0.2, -0.15) is 0 Å². The number of anilines is 2. The lowest BCUT2D eigenvalue weighted by Gasteiger charge is -2.13. The van der Waals surface area contributed by atoms with Gasteiger partial charge in [0.1, 0.15) is 5.75 Å². The van der Waals surface area contributed by atoms with E-state index in [1.807, 2.05) is 6.07 Å². The van der Waals surface area contributed by atoms with Crippen LogP contribution in [-0.2, 0) is 11.2 Å². The van der Waals surface area contributed by atoms with Crippen LogP contribution < -0.4 is 15.4 Å². The van der Waals surface area contributed by atoms with Gasteiger partial charge in [-0.25, -0.2) is 0 Å². The molecule has 0 fully saturated rings. The molecule has 0 bridgehead atoms. The highest BCUT2D eigenvalue weighted by atomic mass is 16.5. The predicted octanol–water partition coefficient (Wildman–Crippen LogP) is 3.77. The highest BCUT2D eigenvalue weighted by molar-refractivity contribution is 5.89. The number of carbonyl (C=O) groups is 1. The Morgan fingerprint density at radius 1 is 1.26 bits per heavy atom. The lowest BCUT2D eigenvalue weighted by Crippen LogP contribution is -2.07. The Morgan fingerprint density at radius 2 is 2.09 bits per heavy atom. The van der Waals surface area contributed by atoms with Crippen LogP contribution in [0.3, 0.4) is 0 Å². The molecule has 0 aromatic heterocycles. The molecule has 1 aliphatic carbocycles. The van der Waals surface area contributed by atoms with Gasteiger partial charge in [0.25, 0.3) is 0 Å². The van der Waals surface area contributed by atoms with Crippen molar-refractivity contribution in [3.05, 3.63) is 52.6 Å². The molecule has 1 amide bonds. The molecule has 0 radical (unpaired) electrons. The van der Waals surface area contributed by atoms with Crippen molar-refractivity contribution in [3.8, 4) is 5.75 Å². The maximum atomic E-state index is 11.2. The fraction of sp³-hybridized carbons (Fsp3) is 0.316. The summed E-state index contributed by atoms with van der Waals surface area (Å²) in [5.41, 5.74) is 7.33. The topological polar surface area (TPSA) is 50.4 Å². The molecule has 2 aromatic rings. The van der Waals surface area contributed by atoms with Crippen molar-refractivity contribution in [2.24, 2.45) is 0 Å². The smallest absolute Gasteiger partial charge is 0.221 e. The van der Waals surface area contributed by atoms with Crippen LogP contribution in [0.15, 0.2) is 30.3 Å². The van der Waals surface area contributed by atoms with Crippen molar-refractivity contribution >= 4 is 17.3 Å². The van der Waals surface area contributed by atoms with Crippen LogP contribution in [0.2, 0.25) is 0 Å². The molecule has 23 heavy (non-hydrogen) atoms. The van der Waals surface area contributed by atoms with Gasteiger partial charge in [0.2, 0.25) is 5.91 Å². The Labute approximate surface area is 135 Å². The summed E-state index contributed by atoms with van der Waals surface area (Å²) in [6.07, 6.45) is 0.986. The van der Waals surface area contributed by atoms with Gasteiger partial charge in [0.05, 0.1) is 13.2 Å². The zero-order chi connectivity index (χ0) is 16.1. The summed E-state index contributed by atoms with van der Waals surface area (Å²) in [6, 6.07) is 10.8. The van der Waals surface area contributed by atoms with E-state index in [0.717, 1.165) is 17.9 Å². The van der Waals surface area contributed by atoms with Crippen molar-refractivity contribution in [1.82, 2.24) is 0 Å². The van der Waals surface area contributed by atoms with Gasteiger partial charge in [-0.05, 0) is 59.9 Å². The number of amides is 1. The molecule has 1 heterocycles. The number of ether oxygens (including phenoxy) is 1. The van der Waals surface area contributed by atoms with Crippen LogP contribution in [0.5, 0.6) is 5.75 Å². The summed E-state index contributed by atoms with van der Waals surface area (Å²) in [7, 11) is 1.71. The number of benzene rings is 2. The summed E-state index contributed by atoms with van der Waals surface area (Å²) >= 11 is 0. The normalized spacial score (nSPS) is 20.3. The first-order chi connectivity index (χ1) is 11.1. The van der Waals surface area contributed by atoms with Gasteiger partial charge in [-0.1, -0.05) is 6.07 Å². The maximum absolute atomic E-state index is 11.2. The molecule has 0 saturated carbocycles. The third-order valence-electron chi connectivity index (χ3n) is 4.92. The SMILES string of the molecule is COc1cc(C)c2c(c1)C1Cc3cc(NC(C)=O)ccc3C1N2. The molecular weight excluding hydrogens is 288 g/mol. The fourth-order valence-electron chi connectivity index (χ4n) is 3.95. The molecule has 4 heteroatoms. The monoisotopic (exact) mass is 308 g/mol. The molecule has 2 atom stereocenters. The van der Waals surface area contributed by atoms with Crippen LogP contribution in [-0.4, -0.2) is 13.0 Å².